The number of allylic oxidation sites excluding steroid dienone is 1. The molecule has 31 heavy (non-hydrogen) atoms. The van der Waals surface area contributed by atoms with Crippen molar-refractivity contribution in [2.45, 2.75) is 33.0 Å². The highest BCUT2D eigenvalue weighted by Crippen LogP contribution is 2.28. The molecule has 0 saturated heterocycles. The number of benzene rings is 3. The quantitative estimate of drug-likeness (QED) is 0.459. The summed E-state index contributed by atoms with van der Waals surface area (Å²) < 4.78 is 19.9. The van der Waals surface area contributed by atoms with Crippen LogP contribution in [0.4, 0.5) is 10.1 Å². The normalized spacial score (nSPS) is 12.0. The van der Waals surface area contributed by atoms with Gasteiger partial charge in [0.15, 0.2) is 11.6 Å². The summed E-state index contributed by atoms with van der Waals surface area (Å²) in [6.07, 6.45) is 0.453. The van der Waals surface area contributed by atoms with Crippen molar-refractivity contribution in [2.75, 3.05) is 5.32 Å². The molecule has 0 aliphatic rings. The zero-order valence-electron chi connectivity index (χ0n) is 17.7. The Bertz CT molecular complexity index is 1070. The van der Waals surface area contributed by atoms with Crippen LogP contribution in [0, 0.1) is 5.82 Å². The second-order valence-corrected chi connectivity index (χ2v) is 7.95. The topological polar surface area (TPSA) is 69.1 Å². The van der Waals surface area contributed by atoms with Gasteiger partial charge in [-0.15, -0.1) is 0 Å². The molecular formula is C25H27ClFN2O2+. The number of rotatable bonds is 8. The number of halogens is 2. The van der Waals surface area contributed by atoms with E-state index in [4.69, 9.17) is 16.3 Å². The van der Waals surface area contributed by atoms with Crippen LogP contribution >= 0.6 is 11.6 Å². The molecule has 0 amide bonds. The highest BCUT2D eigenvalue weighted by molar-refractivity contribution is 6.30. The van der Waals surface area contributed by atoms with Gasteiger partial charge in [-0.2, -0.15) is 0 Å². The third-order valence-corrected chi connectivity index (χ3v) is 5.01. The van der Waals surface area contributed by atoms with Crippen LogP contribution < -0.4 is 15.8 Å². The van der Waals surface area contributed by atoms with E-state index in [2.05, 4.69) is 11.1 Å². The maximum absolute atomic E-state index is 14.4. The number of nitrogens with one attached hydrogen (secondary N) is 1. The molecule has 0 atom stereocenters. The first-order valence-corrected chi connectivity index (χ1v) is 10.5. The summed E-state index contributed by atoms with van der Waals surface area (Å²) in [5.74, 6) is 0.386. The van der Waals surface area contributed by atoms with Crippen LogP contribution in [-0.4, -0.2) is 11.2 Å². The van der Waals surface area contributed by atoms with Gasteiger partial charge in [-0.3, -0.25) is 0 Å². The molecule has 3 rings (SSSR count). The first kappa shape index (κ1) is 22.8. The predicted octanol–water partition coefficient (Wildman–Crippen LogP) is 5.02. The Kier molecular flexibility index (Phi) is 7.69. The average Bonchev–Trinajstić information content (AvgIpc) is 2.75. The van der Waals surface area contributed by atoms with E-state index in [1.165, 1.54) is 6.07 Å². The van der Waals surface area contributed by atoms with E-state index in [0.717, 1.165) is 22.3 Å². The van der Waals surface area contributed by atoms with Gasteiger partial charge >= 0.3 is 0 Å². The maximum atomic E-state index is 14.4. The lowest BCUT2D eigenvalue weighted by Gasteiger charge is -2.15. The molecule has 0 saturated carbocycles. The molecule has 0 aromatic heterocycles. The molecule has 6 heteroatoms. The van der Waals surface area contributed by atoms with Gasteiger partial charge in [0.25, 0.3) is 0 Å². The molecule has 162 valence electrons. The van der Waals surface area contributed by atoms with E-state index in [9.17, 15) is 9.50 Å². The Morgan fingerprint density at radius 3 is 2.45 bits per heavy atom. The van der Waals surface area contributed by atoms with Crippen molar-refractivity contribution in [2.24, 2.45) is 0 Å². The van der Waals surface area contributed by atoms with Gasteiger partial charge in [-0.1, -0.05) is 48.0 Å². The zero-order chi connectivity index (χ0) is 22.4. The fraction of sp³-hybridized carbons (Fsp3) is 0.200. The zero-order valence-corrected chi connectivity index (χ0v) is 18.4. The molecule has 0 aliphatic carbocycles. The lowest BCUT2D eigenvalue weighted by atomic mass is 9.94. The van der Waals surface area contributed by atoms with Gasteiger partial charge in [0.1, 0.15) is 0 Å². The van der Waals surface area contributed by atoms with Crippen molar-refractivity contribution in [3.05, 3.63) is 100 Å². The van der Waals surface area contributed by atoms with Crippen LogP contribution in [0.3, 0.4) is 0 Å². The lowest BCUT2D eigenvalue weighted by Crippen LogP contribution is -2.52. The van der Waals surface area contributed by atoms with Crippen LogP contribution in [-0.2, 0) is 13.0 Å². The van der Waals surface area contributed by atoms with Crippen molar-refractivity contribution >= 4 is 22.9 Å². The molecule has 0 fully saturated rings. The molecular weight excluding hydrogens is 415 g/mol. The Hall–Kier alpha value is -2.86. The molecule has 0 bridgehead atoms. The first-order valence-electron chi connectivity index (χ1n) is 10.1. The third-order valence-electron chi connectivity index (χ3n) is 4.76. The second kappa shape index (κ2) is 10.4. The Morgan fingerprint density at radius 2 is 1.81 bits per heavy atom. The Morgan fingerprint density at radius 1 is 1.10 bits per heavy atom. The van der Waals surface area contributed by atoms with E-state index in [1.54, 1.807) is 12.1 Å². The molecule has 5 N–H and O–H groups in total. The van der Waals surface area contributed by atoms with Crippen molar-refractivity contribution in [3.63, 3.8) is 0 Å². The third kappa shape index (κ3) is 6.07. The van der Waals surface area contributed by atoms with Crippen molar-refractivity contribution < 1.29 is 20.0 Å². The van der Waals surface area contributed by atoms with Crippen LogP contribution in [0.25, 0.3) is 5.57 Å². The molecule has 0 aliphatic heterocycles. The fourth-order valence-corrected chi connectivity index (χ4v) is 3.43. The van der Waals surface area contributed by atoms with Gasteiger partial charge in [-0.25, -0.2) is 4.39 Å². The maximum Gasteiger partial charge on any atom is 0.205 e. The van der Waals surface area contributed by atoms with Crippen molar-refractivity contribution in [3.8, 4) is 5.75 Å². The Balaban J connectivity index is 1.98. The van der Waals surface area contributed by atoms with E-state index in [-0.39, 0.29) is 18.5 Å². The summed E-state index contributed by atoms with van der Waals surface area (Å²) in [5.41, 5.74) is 8.39. The second-order valence-electron chi connectivity index (χ2n) is 7.51. The summed E-state index contributed by atoms with van der Waals surface area (Å²) in [6.45, 7) is 3.61. The van der Waals surface area contributed by atoms with Crippen molar-refractivity contribution in [1.82, 2.24) is 0 Å². The molecule has 0 spiro atoms. The molecule has 0 unspecified atom stereocenters. The monoisotopic (exact) mass is 441 g/mol. The molecule has 0 heterocycles. The summed E-state index contributed by atoms with van der Waals surface area (Å²) in [4.78, 5) is 0. The number of hydrogen-bond acceptors (Lipinski definition) is 3. The number of ether oxygens (including phenoxy) is 1. The van der Waals surface area contributed by atoms with Crippen LogP contribution in [0.5, 0.6) is 5.75 Å². The van der Waals surface area contributed by atoms with Gasteiger partial charge < -0.3 is 20.9 Å². The lowest BCUT2D eigenvalue weighted by molar-refractivity contribution is -0.298. The number of anilines is 1. The molecule has 3 aromatic carbocycles. The Labute approximate surface area is 187 Å². The minimum Gasteiger partial charge on any atom is -0.488 e. The highest BCUT2D eigenvalue weighted by atomic mass is 35.5. The largest absolute Gasteiger partial charge is 0.488 e. The van der Waals surface area contributed by atoms with Crippen molar-refractivity contribution in [1.29, 1.82) is 0 Å². The number of aliphatic hydroxyl groups excluding tert-OH is 1. The van der Waals surface area contributed by atoms with E-state index in [1.807, 2.05) is 62.4 Å². The molecule has 3 aromatic rings. The smallest absolute Gasteiger partial charge is 0.205 e. The van der Waals surface area contributed by atoms with Crippen LogP contribution in [0.2, 0.25) is 5.02 Å². The summed E-state index contributed by atoms with van der Waals surface area (Å²) in [5, 5.41) is 13.7. The van der Waals surface area contributed by atoms with Crippen LogP contribution in [0.15, 0.2) is 72.6 Å². The highest BCUT2D eigenvalue weighted by Gasteiger charge is 2.16. The fourth-order valence-electron chi connectivity index (χ4n) is 3.30. The number of hydrogen-bond donors (Lipinski definition) is 3. The van der Waals surface area contributed by atoms with Gasteiger partial charge in [-0.05, 0) is 54.8 Å². The molecule has 4 nitrogen and oxygen atoms in total. The SMILES string of the molecule is CC(C)Oc1ccc(N/C([NH3+])=C(\Cc2ccc(Cl)cc2)c2ccccc2CO)cc1F. The van der Waals surface area contributed by atoms with E-state index in [0.29, 0.717) is 23.0 Å². The molecule has 0 radical (unpaired) electrons. The summed E-state index contributed by atoms with van der Waals surface area (Å²) >= 11 is 6.03. The van der Waals surface area contributed by atoms with Gasteiger partial charge in [0, 0.05) is 28.8 Å². The van der Waals surface area contributed by atoms with Gasteiger partial charge in [0.2, 0.25) is 5.82 Å². The number of quaternary nitrogens is 1. The predicted molar refractivity (Wildman–Crippen MR) is 123 cm³/mol. The summed E-state index contributed by atoms with van der Waals surface area (Å²) in [6, 6.07) is 20.0. The van der Waals surface area contributed by atoms with Crippen LogP contribution in [0.1, 0.15) is 30.5 Å². The van der Waals surface area contributed by atoms with E-state index >= 15 is 0 Å². The minimum atomic E-state index is -0.443. The average molecular weight is 442 g/mol. The van der Waals surface area contributed by atoms with Gasteiger partial charge in [0.05, 0.1) is 12.7 Å². The summed E-state index contributed by atoms with van der Waals surface area (Å²) in [7, 11) is 0. The number of aliphatic hydroxyl groups is 1. The standard InChI is InChI=1S/C25H26ClFN2O2/c1-16(2)31-24-12-11-20(14-23(24)27)29-25(28)22(13-17-7-9-19(26)10-8-17)21-6-4-3-5-18(21)15-30/h3-12,14,16,29-30H,13,15,28H2,1-2H3/p+1/b25-22+. The first-order chi connectivity index (χ1) is 14.9. The minimum absolute atomic E-state index is 0.0938. The van der Waals surface area contributed by atoms with E-state index < -0.39 is 5.82 Å².